The van der Waals surface area contributed by atoms with Crippen LogP contribution in [0.2, 0.25) is 0 Å². The minimum absolute atomic E-state index is 0.0896. The van der Waals surface area contributed by atoms with E-state index in [1.54, 1.807) is 0 Å². The molecule has 0 saturated carbocycles. The second kappa shape index (κ2) is 5.10. The molecule has 0 bridgehead atoms. The average Bonchev–Trinajstić information content (AvgIpc) is 2.19. The molecule has 1 aromatic carbocycles. The van der Waals surface area contributed by atoms with E-state index >= 15 is 0 Å². The topological polar surface area (TPSA) is 46.2 Å². The minimum atomic E-state index is -0.854. The Hall–Kier alpha value is -0.380. The number of aliphatic hydroxyl groups is 1. The van der Waals surface area contributed by atoms with E-state index in [0.717, 1.165) is 16.5 Å². The van der Waals surface area contributed by atoms with E-state index in [9.17, 15) is 5.11 Å². The number of rotatable bonds is 4. The fourth-order valence-electron chi connectivity index (χ4n) is 1.83. The molecule has 0 aliphatic carbocycles. The summed E-state index contributed by atoms with van der Waals surface area (Å²) in [6, 6.07) is 7.75. The lowest BCUT2D eigenvalue weighted by Gasteiger charge is -2.32. The number of nitrogens with two attached hydrogens (primary N) is 1. The minimum Gasteiger partial charge on any atom is -0.385 e. The summed E-state index contributed by atoms with van der Waals surface area (Å²) in [5, 5.41) is 10.5. The molecule has 15 heavy (non-hydrogen) atoms. The van der Waals surface area contributed by atoms with E-state index in [1.807, 2.05) is 38.1 Å². The zero-order valence-electron chi connectivity index (χ0n) is 9.20. The summed E-state index contributed by atoms with van der Waals surface area (Å²) in [6.07, 6.45) is 0.871. The summed E-state index contributed by atoms with van der Waals surface area (Å²) in [4.78, 5) is 0. The molecule has 0 radical (unpaired) electrons. The van der Waals surface area contributed by atoms with Gasteiger partial charge < -0.3 is 10.8 Å². The van der Waals surface area contributed by atoms with Crippen LogP contribution in [-0.2, 0) is 5.60 Å². The Kier molecular flexibility index (Phi) is 4.32. The first kappa shape index (κ1) is 12.7. The van der Waals surface area contributed by atoms with Crippen LogP contribution in [0.25, 0.3) is 0 Å². The highest BCUT2D eigenvalue weighted by atomic mass is 79.9. The van der Waals surface area contributed by atoms with Crippen LogP contribution in [0, 0.1) is 5.92 Å². The van der Waals surface area contributed by atoms with Crippen molar-refractivity contribution in [3.05, 3.63) is 34.3 Å². The Morgan fingerprint density at radius 1 is 1.53 bits per heavy atom. The predicted molar refractivity (Wildman–Crippen MR) is 66.5 cm³/mol. The molecule has 0 aromatic heterocycles. The van der Waals surface area contributed by atoms with Crippen LogP contribution in [0.4, 0.5) is 0 Å². The average molecular weight is 272 g/mol. The summed E-state index contributed by atoms with van der Waals surface area (Å²) >= 11 is 3.41. The van der Waals surface area contributed by atoms with Gasteiger partial charge in [-0.25, -0.2) is 0 Å². The van der Waals surface area contributed by atoms with Crippen LogP contribution < -0.4 is 5.73 Å². The number of halogens is 1. The Balaban J connectivity index is 3.03. The second-order valence-corrected chi connectivity index (χ2v) is 4.91. The van der Waals surface area contributed by atoms with E-state index in [4.69, 9.17) is 5.73 Å². The molecule has 84 valence electrons. The van der Waals surface area contributed by atoms with Gasteiger partial charge in [-0.1, -0.05) is 35.0 Å². The normalized spacial score (nSPS) is 17.1. The SMILES string of the molecule is CCC(CN)C(C)(O)c1cccc(Br)c1. The van der Waals surface area contributed by atoms with E-state index in [1.165, 1.54) is 0 Å². The van der Waals surface area contributed by atoms with Gasteiger partial charge in [0.15, 0.2) is 0 Å². The van der Waals surface area contributed by atoms with Crippen molar-refractivity contribution in [1.29, 1.82) is 0 Å². The Labute approximate surface area is 99.6 Å². The molecule has 0 aliphatic rings. The van der Waals surface area contributed by atoms with E-state index in [-0.39, 0.29) is 5.92 Å². The standard InChI is InChI=1S/C12H18BrNO/c1-3-9(8-14)12(2,15)10-5-4-6-11(13)7-10/h4-7,9,15H,3,8,14H2,1-2H3. The summed E-state index contributed by atoms with van der Waals surface area (Å²) in [5.74, 6) is 0.0896. The summed E-state index contributed by atoms with van der Waals surface area (Å²) in [5.41, 5.74) is 5.73. The molecule has 0 spiro atoms. The molecule has 1 aromatic rings. The van der Waals surface area contributed by atoms with Crippen LogP contribution in [0.3, 0.4) is 0 Å². The first-order chi connectivity index (χ1) is 7.02. The molecular weight excluding hydrogens is 254 g/mol. The Morgan fingerprint density at radius 2 is 2.20 bits per heavy atom. The van der Waals surface area contributed by atoms with Crippen LogP contribution in [0.1, 0.15) is 25.8 Å². The maximum atomic E-state index is 10.5. The van der Waals surface area contributed by atoms with Crippen molar-refractivity contribution >= 4 is 15.9 Å². The molecule has 2 nitrogen and oxygen atoms in total. The van der Waals surface area contributed by atoms with Crippen molar-refractivity contribution in [2.75, 3.05) is 6.54 Å². The molecule has 2 unspecified atom stereocenters. The number of benzene rings is 1. The number of hydrogen-bond acceptors (Lipinski definition) is 2. The third-order valence-electron chi connectivity index (χ3n) is 2.98. The third kappa shape index (κ3) is 2.80. The van der Waals surface area contributed by atoms with Gasteiger partial charge in [0.25, 0.3) is 0 Å². The summed E-state index contributed by atoms with van der Waals surface area (Å²) < 4.78 is 0.979. The lowest BCUT2D eigenvalue weighted by molar-refractivity contribution is -0.00407. The van der Waals surface area contributed by atoms with E-state index in [2.05, 4.69) is 15.9 Å². The molecule has 2 atom stereocenters. The predicted octanol–water partition coefficient (Wildman–Crippen LogP) is 2.64. The van der Waals surface area contributed by atoms with Crippen molar-refractivity contribution in [3.8, 4) is 0 Å². The first-order valence-corrected chi connectivity index (χ1v) is 6.00. The highest BCUT2D eigenvalue weighted by molar-refractivity contribution is 9.10. The quantitative estimate of drug-likeness (QED) is 0.885. The third-order valence-corrected chi connectivity index (χ3v) is 3.47. The zero-order chi connectivity index (χ0) is 11.5. The van der Waals surface area contributed by atoms with Crippen molar-refractivity contribution in [2.24, 2.45) is 11.7 Å². The Bertz CT molecular complexity index is 321. The largest absolute Gasteiger partial charge is 0.385 e. The zero-order valence-corrected chi connectivity index (χ0v) is 10.8. The van der Waals surface area contributed by atoms with Crippen LogP contribution in [0.5, 0.6) is 0 Å². The summed E-state index contributed by atoms with van der Waals surface area (Å²) in [6.45, 7) is 4.37. The molecule has 0 heterocycles. The lowest BCUT2D eigenvalue weighted by atomic mass is 9.81. The fraction of sp³-hybridized carbons (Fsp3) is 0.500. The van der Waals surface area contributed by atoms with E-state index < -0.39 is 5.60 Å². The van der Waals surface area contributed by atoms with Gasteiger partial charge in [0.05, 0.1) is 5.60 Å². The first-order valence-electron chi connectivity index (χ1n) is 5.20. The van der Waals surface area contributed by atoms with Gasteiger partial charge >= 0.3 is 0 Å². The van der Waals surface area contributed by atoms with Crippen molar-refractivity contribution in [3.63, 3.8) is 0 Å². The monoisotopic (exact) mass is 271 g/mol. The van der Waals surface area contributed by atoms with Crippen molar-refractivity contribution in [1.82, 2.24) is 0 Å². The smallest absolute Gasteiger partial charge is 0.0908 e. The highest BCUT2D eigenvalue weighted by Gasteiger charge is 2.31. The van der Waals surface area contributed by atoms with Crippen LogP contribution in [0.15, 0.2) is 28.7 Å². The Morgan fingerprint density at radius 3 is 2.67 bits per heavy atom. The molecule has 0 fully saturated rings. The van der Waals surface area contributed by atoms with Gasteiger partial charge in [-0.3, -0.25) is 0 Å². The molecule has 0 saturated heterocycles. The maximum absolute atomic E-state index is 10.5. The van der Waals surface area contributed by atoms with E-state index in [0.29, 0.717) is 6.54 Å². The van der Waals surface area contributed by atoms with Gasteiger partial charge in [0, 0.05) is 10.4 Å². The fourth-order valence-corrected chi connectivity index (χ4v) is 2.23. The number of hydrogen-bond donors (Lipinski definition) is 2. The molecular formula is C12H18BrNO. The lowest BCUT2D eigenvalue weighted by Crippen LogP contribution is -2.36. The maximum Gasteiger partial charge on any atom is 0.0908 e. The van der Waals surface area contributed by atoms with Gasteiger partial charge in [-0.2, -0.15) is 0 Å². The van der Waals surface area contributed by atoms with Crippen molar-refractivity contribution in [2.45, 2.75) is 25.9 Å². The van der Waals surface area contributed by atoms with Gasteiger partial charge in [0.2, 0.25) is 0 Å². The van der Waals surface area contributed by atoms with Crippen LogP contribution >= 0.6 is 15.9 Å². The molecule has 1 rings (SSSR count). The van der Waals surface area contributed by atoms with Gasteiger partial charge in [-0.15, -0.1) is 0 Å². The molecule has 0 aliphatic heterocycles. The molecule has 3 N–H and O–H groups in total. The highest BCUT2D eigenvalue weighted by Crippen LogP contribution is 2.32. The van der Waals surface area contributed by atoms with Gasteiger partial charge in [0.1, 0.15) is 0 Å². The molecule has 3 heteroatoms. The van der Waals surface area contributed by atoms with Crippen LogP contribution in [-0.4, -0.2) is 11.7 Å². The summed E-state index contributed by atoms with van der Waals surface area (Å²) in [7, 11) is 0. The van der Waals surface area contributed by atoms with Crippen molar-refractivity contribution < 1.29 is 5.11 Å². The molecule has 0 amide bonds. The van der Waals surface area contributed by atoms with Gasteiger partial charge in [-0.05, 0) is 37.6 Å². The second-order valence-electron chi connectivity index (χ2n) is 4.00.